The molecule has 2 aromatic rings. The highest BCUT2D eigenvalue weighted by Gasteiger charge is 2.31. The molecule has 31 heavy (non-hydrogen) atoms. The molecule has 0 spiro atoms. The van der Waals surface area contributed by atoms with Crippen molar-refractivity contribution in [1.29, 1.82) is 0 Å². The second-order valence-corrected chi connectivity index (χ2v) is 9.22. The number of methoxy groups -OCH3 is 1. The number of anilines is 1. The number of carbonyl (C=O) groups excluding carboxylic acids is 2. The van der Waals surface area contributed by atoms with Crippen LogP contribution in [0, 0.1) is 5.92 Å². The fourth-order valence-corrected chi connectivity index (χ4v) is 4.99. The lowest BCUT2D eigenvalue weighted by Gasteiger charge is -2.30. The number of ether oxygens (including phenoxy) is 1. The Morgan fingerprint density at radius 1 is 1.03 bits per heavy atom. The van der Waals surface area contributed by atoms with Crippen LogP contribution in [0.25, 0.3) is 0 Å². The van der Waals surface area contributed by atoms with Gasteiger partial charge in [0.2, 0.25) is 21.8 Å². The molecule has 0 aromatic heterocycles. The molecule has 0 bridgehead atoms. The first-order valence-electron chi connectivity index (χ1n) is 10.2. The Morgan fingerprint density at radius 2 is 1.68 bits per heavy atom. The van der Waals surface area contributed by atoms with Crippen LogP contribution < -0.4 is 15.4 Å². The molecular formula is C22H27N3O5S. The van der Waals surface area contributed by atoms with Crippen LogP contribution in [0.15, 0.2) is 59.5 Å². The minimum absolute atomic E-state index is 0.130. The van der Waals surface area contributed by atoms with Gasteiger partial charge in [0.25, 0.3) is 0 Å². The normalized spacial score (nSPS) is 15.3. The molecule has 1 heterocycles. The maximum absolute atomic E-state index is 12.7. The van der Waals surface area contributed by atoms with Crippen LogP contribution in [0.2, 0.25) is 0 Å². The zero-order valence-electron chi connectivity index (χ0n) is 17.4. The number of amides is 2. The van der Waals surface area contributed by atoms with Gasteiger partial charge in [-0.1, -0.05) is 30.3 Å². The van der Waals surface area contributed by atoms with E-state index >= 15 is 0 Å². The van der Waals surface area contributed by atoms with Gasteiger partial charge in [-0.15, -0.1) is 0 Å². The molecule has 1 aliphatic rings. The standard InChI is InChI=1S/C22H27N3O5S/c1-30-20-10-6-5-9-19(20)24-21(26)11-14-23-22(27)17-12-15-25(16-13-17)31(28,29)18-7-3-2-4-8-18/h2-10,17H,11-16H2,1H3,(H,23,27)(H,24,26). The van der Waals surface area contributed by atoms with Crippen molar-refractivity contribution in [2.45, 2.75) is 24.2 Å². The van der Waals surface area contributed by atoms with Gasteiger partial charge in [-0.05, 0) is 37.1 Å². The third kappa shape index (κ3) is 5.83. The molecule has 1 aliphatic heterocycles. The zero-order valence-corrected chi connectivity index (χ0v) is 18.2. The van der Waals surface area contributed by atoms with E-state index in [-0.39, 0.29) is 35.6 Å². The van der Waals surface area contributed by atoms with Crippen molar-refractivity contribution in [3.8, 4) is 5.75 Å². The lowest BCUT2D eigenvalue weighted by atomic mass is 9.97. The Kier molecular flexibility index (Phi) is 7.64. The lowest BCUT2D eigenvalue weighted by Crippen LogP contribution is -2.43. The average molecular weight is 446 g/mol. The fraction of sp³-hybridized carbons (Fsp3) is 0.364. The van der Waals surface area contributed by atoms with Gasteiger partial charge in [0.05, 0.1) is 17.7 Å². The maximum atomic E-state index is 12.7. The molecule has 0 aliphatic carbocycles. The highest BCUT2D eigenvalue weighted by Crippen LogP contribution is 2.24. The Hall–Kier alpha value is -2.91. The smallest absolute Gasteiger partial charge is 0.243 e. The number of carbonyl (C=O) groups is 2. The van der Waals surface area contributed by atoms with Gasteiger partial charge in [0.1, 0.15) is 5.75 Å². The molecule has 0 unspecified atom stereocenters. The van der Waals surface area contributed by atoms with Crippen LogP contribution in [0.4, 0.5) is 5.69 Å². The minimum Gasteiger partial charge on any atom is -0.495 e. The van der Waals surface area contributed by atoms with Crippen LogP contribution in [-0.4, -0.2) is 51.3 Å². The second kappa shape index (κ2) is 10.4. The van der Waals surface area contributed by atoms with Gasteiger partial charge in [0, 0.05) is 32.0 Å². The van der Waals surface area contributed by atoms with E-state index in [1.807, 2.05) is 6.07 Å². The SMILES string of the molecule is COc1ccccc1NC(=O)CCNC(=O)C1CCN(S(=O)(=O)c2ccccc2)CC1. The van der Waals surface area contributed by atoms with Gasteiger partial charge >= 0.3 is 0 Å². The number of rotatable bonds is 8. The van der Waals surface area contributed by atoms with Crippen LogP contribution in [0.5, 0.6) is 5.75 Å². The summed E-state index contributed by atoms with van der Waals surface area (Å²) in [6.07, 6.45) is 1.03. The number of hydrogen-bond acceptors (Lipinski definition) is 5. The van der Waals surface area contributed by atoms with Crippen molar-refractivity contribution in [3.63, 3.8) is 0 Å². The van der Waals surface area contributed by atoms with Crippen molar-refractivity contribution >= 4 is 27.5 Å². The summed E-state index contributed by atoms with van der Waals surface area (Å²) < 4.78 is 32.0. The number of para-hydroxylation sites is 2. The number of benzene rings is 2. The molecule has 2 aromatic carbocycles. The average Bonchev–Trinajstić information content (AvgIpc) is 2.80. The number of sulfonamides is 1. The zero-order chi connectivity index (χ0) is 22.3. The number of nitrogens with zero attached hydrogens (tertiary/aromatic N) is 1. The molecule has 1 fully saturated rings. The summed E-state index contributed by atoms with van der Waals surface area (Å²) in [5.74, 6) is -0.0768. The first-order chi connectivity index (χ1) is 14.9. The Balaban J connectivity index is 1.43. The maximum Gasteiger partial charge on any atom is 0.243 e. The van der Waals surface area contributed by atoms with Crippen molar-refractivity contribution in [2.75, 3.05) is 32.1 Å². The van der Waals surface area contributed by atoms with E-state index in [9.17, 15) is 18.0 Å². The Labute approximate surface area is 182 Å². The molecule has 1 saturated heterocycles. The third-order valence-electron chi connectivity index (χ3n) is 5.24. The molecule has 2 N–H and O–H groups in total. The topological polar surface area (TPSA) is 105 Å². The van der Waals surface area contributed by atoms with Crippen molar-refractivity contribution in [2.24, 2.45) is 5.92 Å². The van der Waals surface area contributed by atoms with Gasteiger partial charge < -0.3 is 15.4 Å². The minimum atomic E-state index is -3.54. The van der Waals surface area contributed by atoms with Crippen molar-refractivity contribution < 1.29 is 22.7 Å². The lowest BCUT2D eigenvalue weighted by molar-refractivity contribution is -0.126. The van der Waals surface area contributed by atoms with E-state index in [0.717, 1.165) is 0 Å². The van der Waals surface area contributed by atoms with Crippen LogP contribution in [-0.2, 0) is 19.6 Å². The number of hydrogen-bond donors (Lipinski definition) is 2. The molecule has 9 heteroatoms. The van der Waals surface area contributed by atoms with E-state index in [2.05, 4.69) is 10.6 Å². The van der Waals surface area contributed by atoms with Crippen LogP contribution >= 0.6 is 0 Å². The summed E-state index contributed by atoms with van der Waals surface area (Å²) in [4.78, 5) is 24.8. The fourth-order valence-electron chi connectivity index (χ4n) is 3.50. The summed E-state index contributed by atoms with van der Waals surface area (Å²) in [6, 6.07) is 15.4. The van der Waals surface area contributed by atoms with Crippen LogP contribution in [0.3, 0.4) is 0 Å². The molecular weight excluding hydrogens is 418 g/mol. The highest BCUT2D eigenvalue weighted by atomic mass is 32.2. The summed E-state index contributed by atoms with van der Waals surface area (Å²) in [7, 11) is -2.01. The monoisotopic (exact) mass is 445 g/mol. The molecule has 3 rings (SSSR count). The van der Waals surface area contributed by atoms with E-state index in [1.54, 1.807) is 48.5 Å². The summed E-state index contributed by atoms with van der Waals surface area (Å²) in [5, 5.41) is 5.55. The number of nitrogens with one attached hydrogen (secondary N) is 2. The molecule has 8 nitrogen and oxygen atoms in total. The first-order valence-corrected chi connectivity index (χ1v) is 11.6. The predicted molar refractivity (Wildman–Crippen MR) is 117 cm³/mol. The molecule has 0 radical (unpaired) electrons. The molecule has 2 amide bonds. The van der Waals surface area contributed by atoms with Gasteiger partial charge in [-0.2, -0.15) is 4.31 Å². The van der Waals surface area contributed by atoms with Crippen molar-refractivity contribution in [3.05, 3.63) is 54.6 Å². The van der Waals surface area contributed by atoms with E-state index < -0.39 is 10.0 Å². The summed E-state index contributed by atoms with van der Waals surface area (Å²) in [6.45, 7) is 0.801. The Morgan fingerprint density at radius 3 is 2.35 bits per heavy atom. The largest absolute Gasteiger partial charge is 0.495 e. The van der Waals surface area contributed by atoms with Crippen molar-refractivity contribution in [1.82, 2.24) is 9.62 Å². The van der Waals surface area contributed by atoms with Gasteiger partial charge in [-0.3, -0.25) is 9.59 Å². The molecule has 0 atom stereocenters. The first kappa shape index (κ1) is 22.8. The predicted octanol–water partition coefficient (Wildman–Crippen LogP) is 2.24. The molecule has 166 valence electrons. The molecule has 0 saturated carbocycles. The van der Waals surface area contributed by atoms with E-state index in [0.29, 0.717) is 37.4 Å². The van der Waals surface area contributed by atoms with E-state index in [4.69, 9.17) is 4.74 Å². The van der Waals surface area contributed by atoms with Gasteiger partial charge in [-0.25, -0.2) is 8.42 Å². The third-order valence-corrected chi connectivity index (χ3v) is 7.15. The second-order valence-electron chi connectivity index (χ2n) is 7.28. The number of piperidine rings is 1. The van der Waals surface area contributed by atoms with Gasteiger partial charge in [0.15, 0.2) is 0 Å². The van der Waals surface area contributed by atoms with Crippen LogP contribution in [0.1, 0.15) is 19.3 Å². The highest BCUT2D eigenvalue weighted by molar-refractivity contribution is 7.89. The summed E-state index contributed by atoms with van der Waals surface area (Å²) in [5.41, 5.74) is 0.577. The quantitative estimate of drug-likeness (QED) is 0.648. The Bertz CT molecular complexity index is 1000. The summed E-state index contributed by atoms with van der Waals surface area (Å²) >= 11 is 0. The van der Waals surface area contributed by atoms with E-state index in [1.165, 1.54) is 11.4 Å².